The first kappa shape index (κ1) is 18.9. The third-order valence-electron chi connectivity index (χ3n) is 4.07. The van der Waals surface area contributed by atoms with Gasteiger partial charge in [-0.2, -0.15) is 10.5 Å². The van der Waals surface area contributed by atoms with Crippen molar-refractivity contribution in [2.75, 3.05) is 0 Å². The monoisotopic (exact) mass is 383 g/mol. The highest BCUT2D eigenvalue weighted by Crippen LogP contribution is 2.28. The van der Waals surface area contributed by atoms with E-state index in [1.807, 2.05) is 24.3 Å². The third kappa shape index (κ3) is 3.94. The van der Waals surface area contributed by atoms with Gasteiger partial charge >= 0.3 is 0 Å². The van der Waals surface area contributed by atoms with E-state index in [0.717, 1.165) is 0 Å². The zero-order valence-corrected chi connectivity index (χ0v) is 15.5. The molecule has 28 heavy (non-hydrogen) atoms. The van der Waals surface area contributed by atoms with Gasteiger partial charge in [-0.05, 0) is 29.9 Å². The summed E-state index contributed by atoms with van der Waals surface area (Å²) in [7, 11) is 0. The second-order valence-corrected chi connectivity index (χ2v) is 6.21. The van der Waals surface area contributed by atoms with E-state index in [1.165, 1.54) is 0 Å². The number of nitrogens with zero attached hydrogens (tertiary/aromatic N) is 3. The van der Waals surface area contributed by atoms with Crippen LogP contribution in [0.3, 0.4) is 0 Å². The van der Waals surface area contributed by atoms with Gasteiger partial charge < -0.3 is 4.90 Å². The van der Waals surface area contributed by atoms with Crippen LogP contribution in [0.15, 0.2) is 96.0 Å². The van der Waals surface area contributed by atoms with E-state index in [2.05, 4.69) is 0 Å². The molecule has 134 valence electrons. The Kier molecular flexibility index (Phi) is 5.87. The molecule has 4 nitrogen and oxygen atoms in total. The molecule has 0 unspecified atom stereocenters. The van der Waals surface area contributed by atoms with Gasteiger partial charge in [-0.25, -0.2) is 0 Å². The molecule has 0 spiro atoms. The van der Waals surface area contributed by atoms with Crippen molar-refractivity contribution in [2.45, 2.75) is 0 Å². The average Bonchev–Trinajstić information content (AvgIpc) is 2.75. The summed E-state index contributed by atoms with van der Waals surface area (Å²) in [4.78, 5) is 14.8. The van der Waals surface area contributed by atoms with E-state index in [1.54, 1.807) is 77.9 Å². The minimum atomic E-state index is -0.256. The summed E-state index contributed by atoms with van der Waals surface area (Å²) < 4.78 is 0. The lowest BCUT2D eigenvalue weighted by atomic mass is 10.0. The Balaban J connectivity index is 2.21. The molecule has 2 aromatic carbocycles. The van der Waals surface area contributed by atoms with Gasteiger partial charge in [0.15, 0.2) is 5.57 Å². The maximum atomic E-state index is 13.3. The molecule has 0 atom stereocenters. The lowest BCUT2D eigenvalue weighted by molar-refractivity contribution is 0.101. The van der Waals surface area contributed by atoms with Gasteiger partial charge in [0.25, 0.3) is 0 Å². The summed E-state index contributed by atoms with van der Waals surface area (Å²) >= 11 is 6.29. The summed E-state index contributed by atoms with van der Waals surface area (Å²) in [5.74, 6) is -0.256. The number of carbonyl (C=O) groups is 1. The largest absolute Gasteiger partial charge is 0.312 e. The molecule has 0 saturated carbocycles. The third-order valence-corrected chi connectivity index (χ3v) is 4.41. The van der Waals surface area contributed by atoms with E-state index in [-0.39, 0.29) is 17.1 Å². The summed E-state index contributed by atoms with van der Waals surface area (Å²) in [6, 6.07) is 19.7. The van der Waals surface area contributed by atoms with E-state index < -0.39 is 0 Å². The van der Waals surface area contributed by atoms with Gasteiger partial charge in [0.1, 0.15) is 12.1 Å². The Morgan fingerprint density at radius 3 is 2.32 bits per heavy atom. The summed E-state index contributed by atoms with van der Waals surface area (Å²) in [6.07, 6.45) is 8.37. The first-order chi connectivity index (χ1) is 13.7. The molecule has 0 radical (unpaired) electrons. The second-order valence-electron chi connectivity index (χ2n) is 5.80. The van der Waals surface area contributed by atoms with Gasteiger partial charge in [-0.3, -0.25) is 4.79 Å². The van der Waals surface area contributed by atoms with E-state index in [9.17, 15) is 15.3 Å². The molecule has 2 aromatic rings. The fourth-order valence-corrected chi connectivity index (χ4v) is 2.91. The van der Waals surface area contributed by atoms with Crippen LogP contribution in [0.1, 0.15) is 15.9 Å². The van der Waals surface area contributed by atoms with Crippen LogP contribution in [0.25, 0.3) is 6.08 Å². The number of hydrogen-bond donors (Lipinski definition) is 0. The number of nitriles is 2. The fourth-order valence-electron chi connectivity index (χ4n) is 2.72. The van der Waals surface area contributed by atoms with Crippen LogP contribution in [0.2, 0.25) is 5.02 Å². The molecule has 1 aliphatic heterocycles. The maximum Gasteiger partial charge on any atom is 0.209 e. The molecule has 0 aliphatic carbocycles. The van der Waals surface area contributed by atoms with Crippen molar-refractivity contribution in [3.8, 4) is 12.1 Å². The van der Waals surface area contributed by atoms with E-state index in [4.69, 9.17) is 11.6 Å². The van der Waals surface area contributed by atoms with Crippen molar-refractivity contribution in [2.24, 2.45) is 0 Å². The molecular formula is C23H14ClN3O. The predicted octanol–water partition coefficient (Wildman–Crippen LogP) is 5.25. The number of hydrogen-bond acceptors (Lipinski definition) is 4. The SMILES string of the molecule is N#CC(C#N)=C1C=CC=CN1C(=Cc1ccccc1Cl)C(=O)c1ccccc1. The Morgan fingerprint density at radius 2 is 1.64 bits per heavy atom. The lowest BCUT2D eigenvalue weighted by Gasteiger charge is -2.26. The van der Waals surface area contributed by atoms with Crippen LogP contribution in [0, 0.1) is 22.7 Å². The molecule has 0 saturated heterocycles. The number of carbonyl (C=O) groups excluding carboxylic acids is 1. The predicted molar refractivity (Wildman–Crippen MR) is 109 cm³/mol. The molecule has 1 heterocycles. The smallest absolute Gasteiger partial charge is 0.209 e. The zero-order valence-electron chi connectivity index (χ0n) is 14.7. The first-order valence-electron chi connectivity index (χ1n) is 8.40. The summed E-state index contributed by atoms with van der Waals surface area (Å²) in [5.41, 5.74) is 1.65. The van der Waals surface area contributed by atoms with Crippen molar-refractivity contribution >= 4 is 23.5 Å². The van der Waals surface area contributed by atoms with Gasteiger partial charge in [0.2, 0.25) is 5.78 Å². The minimum Gasteiger partial charge on any atom is -0.312 e. The normalized spacial score (nSPS) is 13.0. The lowest BCUT2D eigenvalue weighted by Crippen LogP contribution is -2.24. The second kappa shape index (κ2) is 8.68. The Labute approximate surface area is 168 Å². The quantitative estimate of drug-likeness (QED) is 0.410. The highest BCUT2D eigenvalue weighted by Gasteiger charge is 2.23. The number of benzene rings is 2. The molecule has 0 aromatic heterocycles. The molecular weight excluding hydrogens is 370 g/mol. The van der Waals surface area contributed by atoms with Crippen molar-refractivity contribution in [3.63, 3.8) is 0 Å². The Hall–Kier alpha value is -3.86. The van der Waals surface area contributed by atoms with Gasteiger partial charge in [-0.15, -0.1) is 0 Å². The van der Waals surface area contributed by atoms with E-state index in [0.29, 0.717) is 21.8 Å². The van der Waals surface area contributed by atoms with Crippen molar-refractivity contribution in [1.82, 2.24) is 4.90 Å². The number of Topliss-reactive ketones (excluding diaryl/α,β-unsaturated/α-hetero) is 1. The highest BCUT2D eigenvalue weighted by atomic mass is 35.5. The van der Waals surface area contributed by atoms with Crippen molar-refractivity contribution in [1.29, 1.82) is 10.5 Å². The van der Waals surface area contributed by atoms with Crippen LogP contribution in [0.4, 0.5) is 0 Å². The molecule has 0 N–H and O–H groups in total. The van der Waals surface area contributed by atoms with Crippen LogP contribution >= 0.6 is 11.6 Å². The maximum absolute atomic E-state index is 13.3. The standard InChI is InChI=1S/C23H14ClN3O/c24-20-11-5-4-10-18(20)14-22(23(28)17-8-2-1-3-9-17)27-13-7-6-12-21(27)19(15-25)16-26/h1-14H. The minimum absolute atomic E-state index is 0.0912. The molecule has 0 amide bonds. The number of halogens is 1. The zero-order chi connectivity index (χ0) is 19.9. The van der Waals surface area contributed by atoms with Crippen molar-refractivity contribution < 1.29 is 4.79 Å². The molecule has 0 bridgehead atoms. The molecule has 3 rings (SSSR count). The Bertz CT molecular complexity index is 1100. The number of rotatable bonds is 4. The fraction of sp³-hybridized carbons (Fsp3) is 0. The first-order valence-corrected chi connectivity index (χ1v) is 8.78. The van der Waals surface area contributed by atoms with E-state index >= 15 is 0 Å². The molecule has 1 aliphatic rings. The average molecular weight is 384 g/mol. The number of ketones is 1. The molecule has 5 heteroatoms. The van der Waals surface area contributed by atoms with Crippen LogP contribution in [-0.4, -0.2) is 10.7 Å². The van der Waals surface area contributed by atoms with Gasteiger partial charge in [0, 0.05) is 16.8 Å². The summed E-state index contributed by atoms with van der Waals surface area (Å²) in [6.45, 7) is 0. The highest BCUT2D eigenvalue weighted by molar-refractivity contribution is 6.32. The Morgan fingerprint density at radius 1 is 0.964 bits per heavy atom. The van der Waals surface area contributed by atoms with Gasteiger partial charge in [0.05, 0.1) is 11.4 Å². The molecule has 0 fully saturated rings. The van der Waals surface area contributed by atoms with Crippen LogP contribution < -0.4 is 0 Å². The number of allylic oxidation sites excluding steroid dienone is 5. The van der Waals surface area contributed by atoms with Crippen molar-refractivity contribution in [3.05, 3.63) is 112 Å². The van der Waals surface area contributed by atoms with Crippen LogP contribution in [0.5, 0.6) is 0 Å². The van der Waals surface area contributed by atoms with Gasteiger partial charge in [-0.1, -0.05) is 66.2 Å². The topological polar surface area (TPSA) is 67.9 Å². The summed E-state index contributed by atoms with van der Waals surface area (Å²) in [5, 5.41) is 19.1. The van der Waals surface area contributed by atoms with Crippen LogP contribution in [-0.2, 0) is 0 Å².